The van der Waals surface area contributed by atoms with Crippen LogP contribution in [0.25, 0.3) is 0 Å². The second-order valence-corrected chi connectivity index (χ2v) is 5.11. The van der Waals surface area contributed by atoms with Crippen LogP contribution < -0.4 is 4.90 Å². The molecule has 0 radical (unpaired) electrons. The number of phenolic OH excluding ortho intramolecular Hbond substituents is 1. The molecule has 0 saturated heterocycles. The Morgan fingerprint density at radius 2 is 2.30 bits per heavy atom. The molecule has 3 rings (SSSR count). The van der Waals surface area contributed by atoms with Crippen molar-refractivity contribution in [1.29, 1.82) is 0 Å². The first-order valence-corrected chi connectivity index (χ1v) is 6.74. The van der Waals surface area contributed by atoms with Gasteiger partial charge in [-0.05, 0) is 30.5 Å². The number of hydrogen-bond acceptors (Lipinski definition) is 3. The molecule has 0 atom stereocenters. The van der Waals surface area contributed by atoms with Gasteiger partial charge in [0.15, 0.2) is 0 Å². The molecule has 1 aliphatic heterocycles. The fourth-order valence-electron chi connectivity index (χ4n) is 2.71. The second-order valence-electron chi connectivity index (χ2n) is 5.11. The van der Waals surface area contributed by atoms with Crippen LogP contribution in [0.4, 0.5) is 5.82 Å². The van der Waals surface area contributed by atoms with Gasteiger partial charge in [0.25, 0.3) is 0 Å². The summed E-state index contributed by atoms with van der Waals surface area (Å²) in [6.45, 7) is 0.726. The Morgan fingerprint density at radius 3 is 3.10 bits per heavy atom. The normalized spacial score (nSPS) is 14.2. The van der Waals surface area contributed by atoms with Crippen molar-refractivity contribution in [1.82, 2.24) is 9.78 Å². The predicted molar refractivity (Wildman–Crippen MR) is 75.7 cm³/mol. The number of rotatable bonds is 2. The molecule has 0 aliphatic carbocycles. The van der Waals surface area contributed by atoms with E-state index in [1.807, 2.05) is 19.3 Å². The zero-order chi connectivity index (χ0) is 14.1. The van der Waals surface area contributed by atoms with E-state index in [1.54, 1.807) is 27.8 Å². The minimum Gasteiger partial charge on any atom is -0.508 e. The van der Waals surface area contributed by atoms with E-state index < -0.39 is 0 Å². The Labute approximate surface area is 117 Å². The van der Waals surface area contributed by atoms with Crippen molar-refractivity contribution in [3.05, 3.63) is 41.6 Å². The molecule has 1 aromatic heterocycles. The molecule has 5 nitrogen and oxygen atoms in total. The number of aryl methyl sites for hydroxylation is 2. The third kappa shape index (κ3) is 2.27. The number of fused-ring (bicyclic) bond motifs is 1. The topological polar surface area (TPSA) is 58.4 Å². The number of hydrogen-bond donors (Lipinski definition) is 1. The maximum Gasteiger partial charge on any atom is 0.232 e. The second kappa shape index (κ2) is 5.00. The molecule has 5 heteroatoms. The van der Waals surface area contributed by atoms with Crippen LogP contribution in [0.3, 0.4) is 0 Å². The number of amides is 1. The summed E-state index contributed by atoms with van der Waals surface area (Å²) in [5, 5.41) is 13.7. The van der Waals surface area contributed by atoms with Crippen LogP contribution in [0.2, 0.25) is 0 Å². The predicted octanol–water partition coefficient (Wildman–Crippen LogP) is 1.65. The molecule has 1 N–H and O–H groups in total. The van der Waals surface area contributed by atoms with E-state index in [0.717, 1.165) is 36.3 Å². The average molecular weight is 271 g/mol. The van der Waals surface area contributed by atoms with Gasteiger partial charge in [-0.3, -0.25) is 14.4 Å². The molecular formula is C15H17N3O2. The lowest BCUT2D eigenvalue weighted by atomic mass is 10.1. The number of aromatic hydroxyl groups is 1. The Kier molecular flexibility index (Phi) is 3.18. The van der Waals surface area contributed by atoms with Crippen molar-refractivity contribution in [3.8, 4) is 5.75 Å². The molecule has 0 spiro atoms. The van der Waals surface area contributed by atoms with Crippen molar-refractivity contribution in [3.63, 3.8) is 0 Å². The van der Waals surface area contributed by atoms with Crippen LogP contribution in [0, 0.1) is 0 Å². The number of carbonyl (C=O) groups excluding carboxylic acids is 1. The first-order valence-electron chi connectivity index (χ1n) is 6.74. The van der Waals surface area contributed by atoms with E-state index in [9.17, 15) is 9.90 Å². The summed E-state index contributed by atoms with van der Waals surface area (Å²) >= 11 is 0. The number of anilines is 1. The molecular weight excluding hydrogens is 254 g/mol. The minimum absolute atomic E-state index is 0.0418. The largest absolute Gasteiger partial charge is 0.508 e. The Bertz CT molecular complexity index is 648. The van der Waals surface area contributed by atoms with E-state index in [0.29, 0.717) is 6.42 Å². The minimum atomic E-state index is 0.0418. The Morgan fingerprint density at radius 1 is 1.45 bits per heavy atom. The third-order valence-electron chi connectivity index (χ3n) is 3.63. The molecule has 0 bridgehead atoms. The van der Waals surface area contributed by atoms with Gasteiger partial charge in [0.05, 0.1) is 12.6 Å². The summed E-state index contributed by atoms with van der Waals surface area (Å²) in [7, 11) is 1.86. The standard InChI is InChI=1S/C15H17N3O2/c1-17-15-12(10-16-17)5-3-7-18(15)14(20)9-11-4-2-6-13(19)8-11/h2,4,6,8,10,19H,3,5,7,9H2,1H3. The van der Waals surface area contributed by atoms with Gasteiger partial charge in [0, 0.05) is 19.2 Å². The fourth-order valence-corrected chi connectivity index (χ4v) is 2.71. The van der Waals surface area contributed by atoms with Gasteiger partial charge in [-0.25, -0.2) is 0 Å². The number of benzene rings is 1. The first-order chi connectivity index (χ1) is 9.65. The fraction of sp³-hybridized carbons (Fsp3) is 0.333. The average Bonchev–Trinajstić information content (AvgIpc) is 2.81. The molecule has 0 saturated carbocycles. The summed E-state index contributed by atoms with van der Waals surface area (Å²) in [6, 6.07) is 6.84. The molecule has 0 unspecified atom stereocenters. The van der Waals surface area contributed by atoms with Crippen molar-refractivity contribution in [2.24, 2.45) is 7.05 Å². The van der Waals surface area contributed by atoms with Crippen molar-refractivity contribution >= 4 is 11.7 Å². The smallest absolute Gasteiger partial charge is 0.232 e. The maximum absolute atomic E-state index is 12.5. The highest BCUT2D eigenvalue weighted by atomic mass is 16.3. The van der Waals surface area contributed by atoms with Gasteiger partial charge in [-0.1, -0.05) is 12.1 Å². The van der Waals surface area contributed by atoms with E-state index in [4.69, 9.17) is 0 Å². The van der Waals surface area contributed by atoms with Crippen molar-refractivity contribution < 1.29 is 9.90 Å². The number of nitrogens with zero attached hydrogens (tertiary/aromatic N) is 3. The van der Waals surface area contributed by atoms with E-state index in [1.165, 1.54) is 0 Å². The summed E-state index contributed by atoms with van der Waals surface area (Å²) in [5.74, 6) is 1.14. The number of carbonyl (C=O) groups is 1. The highest BCUT2D eigenvalue weighted by Crippen LogP contribution is 2.27. The highest BCUT2D eigenvalue weighted by molar-refractivity contribution is 5.95. The lowest BCUT2D eigenvalue weighted by Gasteiger charge is -2.27. The lowest BCUT2D eigenvalue weighted by Crippen LogP contribution is -2.37. The zero-order valence-electron chi connectivity index (χ0n) is 11.4. The van der Waals surface area contributed by atoms with Crippen LogP contribution in [0.15, 0.2) is 30.5 Å². The molecule has 2 aromatic rings. The van der Waals surface area contributed by atoms with Gasteiger partial charge in [0.1, 0.15) is 11.6 Å². The van der Waals surface area contributed by atoms with Gasteiger partial charge in [0.2, 0.25) is 5.91 Å². The van der Waals surface area contributed by atoms with Crippen LogP contribution in [-0.2, 0) is 24.7 Å². The van der Waals surface area contributed by atoms with E-state index >= 15 is 0 Å². The van der Waals surface area contributed by atoms with Crippen LogP contribution in [-0.4, -0.2) is 27.3 Å². The number of aromatic nitrogens is 2. The van der Waals surface area contributed by atoms with Crippen LogP contribution >= 0.6 is 0 Å². The van der Waals surface area contributed by atoms with E-state index in [2.05, 4.69) is 5.10 Å². The van der Waals surface area contributed by atoms with Crippen LogP contribution in [0.1, 0.15) is 17.5 Å². The summed E-state index contributed by atoms with van der Waals surface area (Å²) in [5.41, 5.74) is 1.95. The van der Waals surface area contributed by atoms with Crippen molar-refractivity contribution in [2.45, 2.75) is 19.3 Å². The summed E-state index contributed by atoms with van der Waals surface area (Å²) in [4.78, 5) is 14.3. The molecule has 1 aromatic carbocycles. The van der Waals surface area contributed by atoms with E-state index in [-0.39, 0.29) is 11.7 Å². The number of phenols is 1. The lowest BCUT2D eigenvalue weighted by molar-refractivity contribution is -0.118. The van der Waals surface area contributed by atoms with Gasteiger partial charge in [-0.2, -0.15) is 5.10 Å². The third-order valence-corrected chi connectivity index (χ3v) is 3.63. The van der Waals surface area contributed by atoms with Crippen LogP contribution in [0.5, 0.6) is 5.75 Å². The quantitative estimate of drug-likeness (QED) is 0.903. The maximum atomic E-state index is 12.5. The summed E-state index contributed by atoms with van der Waals surface area (Å²) < 4.78 is 1.76. The highest BCUT2D eigenvalue weighted by Gasteiger charge is 2.25. The molecule has 0 fully saturated rings. The van der Waals surface area contributed by atoms with Gasteiger partial charge >= 0.3 is 0 Å². The van der Waals surface area contributed by atoms with Gasteiger partial charge < -0.3 is 5.11 Å². The van der Waals surface area contributed by atoms with Gasteiger partial charge in [-0.15, -0.1) is 0 Å². The SMILES string of the molecule is Cn1ncc2c1N(C(=O)Cc1cccc(O)c1)CCC2. The monoisotopic (exact) mass is 271 g/mol. The van der Waals surface area contributed by atoms with Crippen molar-refractivity contribution in [2.75, 3.05) is 11.4 Å². The Balaban J connectivity index is 1.83. The zero-order valence-corrected chi connectivity index (χ0v) is 11.4. The molecule has 104 valence electrons. The Hall–Kier alpha value is -2.30. The molecule has 1 amide bonds. The summed E-state index contributed by atoms with van der Waals surface area (Å²) in [6.07, 6.45) is 4.06. The molecule has 2 heterocycles. The first kappa shape index (κ1) is 12.7. The molecule has 20 heavy (non-hydrogen) atoms. The molecule has 1 aliphatic rings.